The Labute approximate surface area is 119 Å². The predicted molar refractivity (Wildman–Crippen MR) is 78.5 cm³/mol. The molecule has 102 valence electrons. The smallest absolute Gasteiger partial charge is 0.207 e. The standard InChI is InChI=1S/C17H16O2S/c1-11-6-7-12-9-15-14-4-2-3-5-16(14)20(18,19)17(15)10-13(12)8-11/h2-5,9-11H,6-8H2,1H3. The first-order valence-corrected chi connectivity index (χ1v) is 8.56. The molecule has 2 aromatic rings. The third-order valence-corrected chi connectivity index (χ3v) is 6.38. The molecule has 3 heteroatoms. The zero-order valence-electron chi connectivity index (χ0n) is 11.4. The van der Waals surface area contributed by atoms with Gasteiger partial charge in [-0.3, -0.25) is 0 Å². The first-order valence-electron chi connectivity index (χ1n) is 7.07. The van der Waals surface area contributed by atoms with Crippen LogP contribution in [0.3, 0.4) is 0 Å². The Kier molecular flexibility index (Phi) is 2.40. The Hall–Kier alpha value is -1.61. The van der Waals surface area contributed by atoms with Crippen molar-refractivity contribution in [1.29, 1.82) is 0 Å². The van der Waals surface area contributed by atoms with E-state index in [1.54, 1.807) is 12.1 Å². The van der Waals surface area contributed by atoms with Gasteiger partial charge in [-0.15, -0.1) is 0 Å². The first-order chi connectivity index (χ1) is 9.57. The van der Waals surface area contributed by atoms with Gasteiger partial charge in [0.05, 0.1) is 9.79 Å². The van der Waals surface area contributed by atoms with Crippen molar-refractivity contribution >= 4 is 9.84 Å². The summed E-state index contributed by atoms with van der Waals surface area (Å²) in [5.41, 5.74) is 4.31. The van der Waals surface area contributed by atoms with Gasteiger partial charge in [0.25, 0.3) is 0 Å². The molecule has 2 nitrogen and oxygen atoms in total. The SMILES string of the molecule is CC1CCc2cc3c(cc2C1)S(=O)(=O)c1ccccc1-3. The predicted octanol–water partition coefficient (Wildman–Crippen LogP) is 3.62. The van der Waals surface area contributed by atoms with E-state index in [9.17, 15) is 8.42 Å². The van der Waals surface area contributed by atoms with Crippen molar-refractivity contribution in [3.63, 3.8) is 0 Å². The fourth-order valence-electron chi connectivity index (χ4n) is 3.44. The second-order valence-electron chi connectivity index (χ2n) is 5.96. The maximum Gasteiger partial charge on any atom is 0.207 e. The van der Waals surface area contributed by atoms with Crippen molar-refractivity contribution in [2.75, 3.05) is 0 Å². The fourth-order valence-corrected chi connectivity index (χ4v) is 5.16. The van der Waals surface area contributed by atoms with Crippen molar-refractivity contribution in [2.24, 2.45) is 5.92 Å². The van der Waals surface area contributed by atoms with Gasteiger partial charge in [-0.05, 0) is 54.5 Å². The monoisotopic (exact) mass is 284 g/mol. The third-order valence-electron chi connectivity index (χ3n) is 4.53. The van der Waals surface area contributed by atoms with Crippen LogP contribution in [0.15, 0.2) is 46.2 Å². The molecule has 0 saturated heterocycles. The lowest BCUT2D eigenvalue weighted by molar-refractivity contribution is 0.500. The average Bonchev–Trinajstić information content (AvgIpc) is 2.66. The van der Waals surface area contributed by atoms with E-state index >= 15 is 0 Å². The summed E-state index contributed by atoms with van der Waals surface area (Å²) >= 11 is 0. The Bertz CT molecular complexity index is 819. The number of hydrogen-bond donors (Lipinski definition) is 0. The molecule has 0 aromatic heterocycles. The first kappa shape index (κ1) is 12.2. The van der Waals surface area contributed by atoms with Crippen molar-refractivity contribution < 1.29 is 8.42 Å². The minimum atomic E-state index is -3.32. The summed E-state index contributed by atoms with van der Waals surface area (Å²) in [6, 6.07) is 11.4. The van der Waals surface area contributed by atoms with Crippen molar-refractivity contribution in [3.8, 4) is 11.1 Å². The Morgan fingerprint density at radius 1 is 1.00 bits per heavy atom. The van der Waals surface area contributed by atoms with Crippen LogP contribution in [0, 0.1) is 5.92 Å². The highest BCUT2D eigenvalue weighted by atomic mass is 32.2. The van der Waals surface area contributed by atoms with Crippen molar-refractivity contribution in [3.05, 3.63) is 47.5 Å². The third kappa shape index (κ3) is 1.53. The Morgan fingerprint density at radius 2 is 1.80 bits per heavy atom. The second kappa shape index (κ2) is 3.95. The second-order valence-corrected chi connectivity index (χ2v) is 7.85. The Morgan fingerprint density at radius 3 is 2.65 bits per heavy atom. The number of sulfone groups is 1. The molecular weight excluding hydrogens is 268 g/mol. The molecule has 0 amide bonds. The van der Waals surface area contributed by atoms with Gasteiger partial charge < -0.3 is 0 Å². The van der Waals surface area contributed by atoms with E-state index in [1.807, 2.05) is 18.2 Å². The number of benzene rings is 2. The molecular formula is C17H16O2S. The molecule has 0 bridgehead atoms. The topological polar surface area (TPSA) is 34.1 Å². The van der Waals surface area contributed by atoms with E-state index in [2.05, 4.69) is 13.0 Å². The van der Waals surface area contributed by atoms with Gasteiger partial charge in [0.1, 0.15) is 0 Å². The van der Waals surface area contributed by atoms with Crippen LogP contribution in [0.5, 0.6) is 0 Å². The van der Waals surface area contributed by atoms with Gasteiger partial charge in [-0.25, -0.2) is 8.42 Å². The van der Waals surface area contributed by atoms with E-state index in [0.29, 0.717) is 15.7 Å². The zero-order chi connectivity index (χ0) is 13.9. The summed E-state index contributed by atoms with van der Waals surface area (Å²) in [6.45, 7) is 2.24. The number of aryl methyl sites for hydroxylation is 1. The van der Waals surface area contributed by atoms with Gasteiger partial charge in [0, 0.05) is 11.1 Å². The molecule has 1 unspecified atom stereocenters. The summed E-state index contributed by atoms with van der Waals surface area (Å²) in [7, 11) is -3.32. The normalized spacial score (nSPS) is 21.9. The van der Waals surface area contributed by atoms with Gasteiger partial charge >= 0.3 is 0 Å². The maximum absolute atomic E-state index is 12.6. The molecule has 1 aliphatic heterocycles. The van der Waals surface area contributed by atoms with Gasteiger partial charge in [-0.2, -0.15) is 0 Å². The lowest BCUT2D eigenvalue weighted by Gasteiger charge is -2.22. The molecule has 1 atom stereocenters. The molecule has 0 radical (unpaired) electrons. The van der Waals surface area contributed by atoms with E-state index < -0.39 is 9.84 Å². The largest absolute Gasteiger partial charge is 0.218 e. The molecule has 2 aliphatic rings. The van der Waals surface area contributed by atoms with Crippen LogP contribution in [0.2, 0.25) is 0 Å². The fraction of sp³-hybridized carbons (Fsp3) is 0.294. The van der Waals surface area contributed by atoms with Crippen LogP contribution in [0.4, 0.5) is 0 Å². The molecule has 4 rings (SSSR count). The van der Waals surface area contributed by atoms with E-state index in [4.69, 9.17) is 0 Å². The van der Waals surface area contributed by atoms with Crippen LogP contribution >= 0.6 is 0 Å². The summed E-state index contributed by atoms with van der Waals surface area (Å²) in [5.74, 6) is 0.645. The highest BCUT2D eigenvalue weighted by molar-refractivity contribution is 7.92. The summed E-state index contributed by atoms with van der Waals surface area (Å²) < 4.78 is 25.3. The van der Waals surface area contributed by atoms with Crippen LogP contribution < -0.4 is 0 Å². The molecule has 0 fully saturated rings. The molecule has 0 N–H and O–H groups in total. The highest BCUT2D eigenvalue weighted by Gasteiger charge is 2.34. The van der Waals surface area contributed by atoms with E-state index in [0.717, 1.165) is 24.0 Å². The number of fused-ring (bicyclic) bond motifs is 4. The van der Waals surface area contributed by atoms with Crippen molar-refractivity contribution in [1.82, 2.24) is 0 Å². The molecule has 2 aromatic carbocycles. The van der Waals surface area contributed by atoms with Gasteiger partial charge in [0.2, 0.25) is 9.84 Å². The minimum Gasteiger partial charge on any atom is -0.218 e. The quantitative estimate of drug-likeness (QED) is 0.632. The lowest BCUT2D eigenvalue weighted by Crippen LogP contribution is -2.12. The zero-order valence-corrected chi connectivity index (χ0v) is 12.2. The average molecular weight is 284 g/mol. The highest BCUT2D eigenvalue weighted by Crippen LogP contribution is 2.45. The minimum absolute atomic E-state index is 0.463. The van der Waals surface area contributed by atoms with E-state index in [1.165, 1.54) is 17.5 Å². The number of rotatable bonds is 0. The summed E-state index contributed by atoms with van der Waals surface area (Å²) in [6.07, 6.45) is 3.25. The van der Waals surface area contributed by atoms with Crippen molar-refractivity contribution in [2.45, 2.75) is 36.0 Å². The van der Waals surface area contributed by atoms with Crippen LogP contribution in [0.25, 0.3) is 11.1 Å². The molecule has 20 heavy (non-hydrogen) atoms. The van der Waals surface area contributed by atoms with Crippen LogP contribution in [-0.4, -0.2) is 8.42 Å². The Balaban J connectivity index is 2.02. The number of hydrogen-bond acceptors (Lipinski definition) is 2. The molecule has 1 heterocycles. The maximum atomic E-state index is 12.6. The van der Waals surface area contributed by atoms with E-state index in [-0.39, 0.29) is 0 Å². The molecule has 0 saturated carbocycles. The van der Waals surface area contributed by atoms with Crippen LogP contribution in [0.1, 0.15) is 24.5 Å². The molecule has 1 aliphatic carbocycles. The van der Waals surface area contributed by atoms with Gasteiger partial charge in [0.15, 0.2) is 0 Å². The summed E-state index contributed by atoms with van der Waals surface area (Å²) in [4.78, 5) is 0.969. The molecule has 0 spiro atoms. The van der Waals surface area contributed by atoms with Crippen LogP contribution in [-0.2, 0) is 22.7 Å². The lowest BCUT2D eigenvalue weighted by atomic mass is 9.83. The van der Waals surface area contributed by atoms with Gasteiger partial charge in [-0.1, -0.05) is 25.1 Å². The summed E-state index contributed by atoms with van der Waals surface area (Å²) in [5, 5.41) is 0.